The fraction of sp³-hybridized carbons (Fsp3) is 0.500. The number of benzene rings is 1. The van der Waals surface area contributed by atoms with Crippen LogP contribution in [0.4, 0.5) is 5.69 Å². The molecule has 0 radical (unpaired) electrons. The van der Waals surface area contributed by atoms with Crippen LogP contribution in [0.2, 0.25) is 0 Å². The molecule has 1 heterocycles. The number of nitrogen functional groups attached to an aromatic ring is 1. The number of rotatable bonds is 3. The Morgan fingerprint density at radius 3 is 3.14 bits per heavy atom. The van der Waals surface area contributed by atoms with Crippen LogP contribution in [0.15, 0.2) is 18.2 Å². The van der Waals surface area contributed by atoms with Crippen molar-refractivity contribution in [3.8, 4) is 0 Å². The standard InChI is InChI=1S/C12H18N2/c1-2-3-4-12-11-6-5-10(13)7-9(11)8-14-12/h5-7,12,14H,2-4,8,13H2,1H3. The maximum absolute atomic E-state index is 5.75. The van der Waals surface area contributed by atoms with E-state index in [1.807, 2.05) is 6.07 Å². The van der Waals surface area contributed by atoms with E-state index in [0.717, 1.165) is 12.2 Å². The van der Waals surface area contributed by atoms with Crippen molar-refractivity contribution in [2.75, 3.05) is 5.73 Å². The minimum Gasteiger partial charge on any atom is -0.399 e. The number of anilines is 1. The molecule has 0 aromatic heterocycles. The summed E-state index contributed by atoms with van der Waals surface area (Å²) in [4.78, 5) is 0. The molecule has 0 fully saturated rings. The minimum atomic E-state index is 0.561. The molecule has 0 spiro atoms. The molecule has 1 aromatic rings. The summed E-state index contributed by atoms with van der Waals surface area (Å²) in [5, 5.41) is 3.53. The average molecular weight is 190 g/mol. The molecule has 2 nitrogen and oxygen atoms in total. The van der Waals surface area contributed by atoms with Crippen molar-refractivity contribution in [1.29, 1.82) is 0 Å². The summed E-state index contributed by atoms with van der Waals surface area (Å²) in [6.45, 7) is 3.22. The topological polar surface area (TPSA) is 38.0 Å². The third-order valence-corrected chi connectivity index (χ3v) is 2.93. The predicted octanol–water partition coefficient (Wildman–Crippen LogP) is 2.60. The number of nitrogens with two attached hydrogens (primary N) is 1. The number of nitrogens with one attached hydrogen (secondary N) is 1. The highest BCUT2D eigenvalue weighted by Gasteiger charge is 2.20. The van der Waals surface area contributed by atoms with Crippen LogP contribution in [0.25, 0.3) is 0 Å². The lowest BCUT2D eigenvalue weighted by molar-refractivity contribution is 0.518. The highest BCUT2D eigenvalue weighted by Crippen LogP contribution is 2.30. The largest absolute Gasteiger partial charge is 0.399 e. The van der Waals surface area contributed by atoms with Crippen LogP contribution in [0.5, 0.6) is 0 Å². The normalized spacial score (nSPS) is 19.6. The summed E-state index contributed by atoms with van der Waals surface area (Å²) in [6.07, 6.45) is 3.80. The molecule has 76 valence electrons. The van der Waals surface area contributed by atoms with Crippen LogP contribution in [0, 0.1) is 0 Å². The zero-order valence-electron chi connectivity index (χ0n) is 8.72. The summed E-state index contributed by atoms with van der Waals surface area (Å²) >= 11 is 0. The zero-order chi connectivity index (χ0) is 9.97. The molecule has 1 aliphatic rings. The number of fused-ring (bicyclic) bond motifs is 1. The lowest BCUT2D eigenvalue weighted by Gasteiger charge is -2.10. The Morgan fingerprint density at radius 2 is 2.36 bits per heavy atom. The van der Waals surface area contributed by atoms with Gasteiger partial charge in [0.1, 0.15) is 0 Å². The van der Waals surface area contributed by atoms with Crippen molar-refractivity contribution in [3.05, 3.63) is 29.3 Å². The summed E-state index contributed by atoms with van der Waals surface area (Å²) in [5.41, 5.74) is 9.46. The molecule has 14 heavy (non-hydrogen) atoms. The number of unbranched alkanes of at least 4 members (excludes halogenated alkanes) is 1. The molecule has 1 unspecified atom stereocenters. The van der Waals surface area contributed by atoms with Crippen LogP contribution >= 0.6 is 0 Å². The lowest BCUT2D eigenvalue weighted by atomic mass is 10.0. The van der Waals surface area contributed by atoms with Gasteiger partial charge in [0, 0.05) is 18.3 Å². The van der Waals surface area contributed by atoms with Gasteiger partial charge in [-0.1, -0.05) is 25.8 Å². The fourth-order valence-electron chi connectivity index (χ4n) is 2.13. The highest BCUT2D eigenvalue weighted by molar-refractivity contribution is 5.47. The van der Waals surface area contributed by atoms with E-state index >= 15 is 0 Å². The minimum absolute atomic E-state index is 0.561. The Kier molecular flexibility index (Phi) is 2.73. The van der Waals surface area contributed by atoms with E-state index < -0.39 is 0 Å². The monoisotopic (exact) mass is 190 g/mol. The molecule has 1 aliphatic heterocycles. The molecule has 0 aliphatic carbocycles. The van der Waals surface area contributed by atoms with Crippen molar-refractivity contribution in [2.45, 2.75) is 38.8 Å². The van der Waals surface area contributed by atoms with Crippen LogP contribution in [0.1, 0.15) is 43.4 Å². The van der Waals surface area contributed by atoms with Gasteiger partial charge in [-0.15, -0.1) is 0 Å². The van der Waals surface area contributed by atoms with Crippen molar-refractivity contribution in [1.82, 2.24) is 5.32 Å². The van der Waals surface area contributed by atoms with Crippen molar-refractivity contribution < 1.29 is 0 Å². The van der Waals surface area contributed by atoms with E-state index in [1.54, 1.807) is 0 Å². The van der Waals surface area contributed by atoms with Gasteiger partial charge >= 0.3 is 0 Å². The van der Waals surface area contributed by atoms with E-state index in [4.69, 9.17) is 5.73 Å². The van der Waals surface area contributed by atoms with Gasteiger partial charge in [-0.25, -0.2) is 0 Å². The first-order valence-electron chi connectivity index (χ1n) is 5.43. The Bertz CT molecular complexity index is 320. The van der Waals surface area contributed by atoms with Crippen molar-refractivity contribution in [2.24, 2.45) is 0 Å². The Hall–Kier alpha value is -1.02. The van der Waals surface area contributed by atoms with Crippen LogP contribution in [0.3, 0.4) is 0 Å². The van der Waals surface area contributed by atoms with Gasteiger partial charge in [-0.2, -0.15) is 0 Å². The molecular formula is C12H18N2. The molecule has 0 bridgehead atoms. The van der Waals surface area contributed by atoms with E-state index in [2.05, 4.69) is 24.4 Å². The first-order chi connectivity index (χ1) is 6.81. The highest BCUT2D eigenvalue weighted by atomic mass is 14.9. The zero-order valence-corrected chi connectivity index (χ0v) is 8.72. The third kappa shape index (κ3) is 1.75. The fourth-order valence-corrected chi connectivity index (χ4v) is 2.13. The van der Waals surface area contributed by atoms with Gasteiger partial charge < -0.3 is 11.1 Å². The van der Waals surface area contributed by atoms with Gasteiger partial charge in [0.25, 0.3) is 0 Å². The lowest BCUT2D eigenvalue weighted by Crippen LogP contribution is -2.11. The van der Waals surface area contributed by atoms with Crippen LogP contribution in [-0.4, -0.2) is 0 Å². The van der Waals surface area contributed by atoms with Crippen LogP contribution < -0.4 is 11.1 Å². The summed E-state index contributed by atoms with van der Waals surface area (Å²) in [7, 11) is 0. The molecule has 1 aromatic carbocycles. The van der Waals surface area contributed by atoms with E-state index in [0.29, 0.717) is 6.04 Å². The van der Waals surface area contributed by atoms with E-state index in [-0.39, 0.29) is 0 Å². The first-order valence-corrected chi connectivity index (χ1v) is 5.43. The molecule has 3 N–H and O–H groups in total. The van der Waals surface area contributed by atoms with Crippen molar-refractivity contribution >= 4 is 5.69 Å². The molecule has 2 heteroatoms. The van der Waals surface area contributed by atoms with Gasteiger partial charge in [0.05, 0.1) is 0 Å². The van der Waals surface area contributed by atoms with Gasteiger partial charge in [0.15, 0.2) is 0 Å². The van der Waals surface area contributed by atoms with E-state index in [9.17, 15) is 0 Å². The quantitative estimate of drug-likeness (QED) is 0.719. The second-order valence-corrected chi connectivity index (χ2v) is 4.03. The number of hydrogen-bond donors (Lipinski definition) is 2. The molecule has 1 atom stereocenters. The second kappa shape index (κ2) is 4.01. The molecule has 2 rings (SSSR count). The smallest absolute Gasteiger partial charge is 0.0326 e. The van der Waals surface area contributed by atoms with E-state index in [1.165, 1.54) is 30.4 Å². The second-order valence-electron chi connectivity index (χ2n) is 4.03. The Labute approximate surface area is 85.5 Å². The predicted molar refractivity (Wildman–Crippen MR) is 60.0 cm³/mol. The summed E-state index contributed by atoms with van der Waals surface area (Å²) in [6, 6.07) is 6.83. The summed E-state index contributed by atoms with van der Waals surface area (Å²) in [5.74, 6) is 0. The van der Waals surface area contributed by atoms with Gasteiger partial charge in [0.2, 0.25) is 0 Å². The maximum atomic E-state index is 5.75. The van der Waals surface area contributed by atoms with Gasteiger partial charge in [-0.05, 0) is 29.7 Å². The number of hydrogen-bond acceptors (Lipinski definition) is 2. The van der Waals surface area contributed by atoms with Crippen LogP contribution in [-0.2, 0) is 6.54 Å². The molecular weight excluding hydrogens is 172 g/mol. The molecule has 0 saturated carbocycles. The maximum Gasteiger partial charge on any atom is 0.0326 e. The van der Waals surface area contributed by atoms with Gasteiger partial charge in [-0.3, -0.25) is 0 Å². The molecule has 0 amide bonds. The first kappa shape index (κ1) is 9.53. The van der Waals surface area contributed by atoms with Crippen molar-refractivity contribution in [3.63, 3.8) is 0 Å². The molecule has 0 saturated heterocycles. The summed E-state index contributed by atoms with van der Waals surface area (Å²) < 4.78 is 0. The Morgan fingerprint density at radius 1 is 1.50 bits per heavy atom. The SMILES string of the molecule is CCCCC1NCc2cc(N)ccc21. The third-order valence-electron chi connectivity index (χ3n) is 2.93. The Balaban J connectivity index is 2.14. The average Bonchev–Trinajstić information content (AvgIpc) is 2.57.